The summed E-state index contributed by atoms with van der Waals surface area (Å²) in [5.41, 5.74) is 3.86. The van der Waals surface area contributed by atoms with E-state index in [1.165, 1.54) is 16.9 Å². The van der Waals surface area contributed by atoms with Crippen LogP contribution in [-0.4, -0.2) is 45.2 Å². The molecule has 0 aliphatic carbocycles. The van der Waals surface area contributed by atoms with Gasteiger partial charge in [-0.2, -0.15) is 0 Å². The van der Waals surface area contributed by atoms with Gasteiger partial charge in [-0.15, -0.1) is 0 Å². The van der Waals surface area contributed by atoms with Crippen LogP contribution in [0.1, 0.15) is 5.56 Å². The minimum Gasteiger partial charge on any atom is -0.378 e. The molecule has 0 amide bonds. The van der Waals surface area contributed by atoms with E-state index in [0.29, 0.717) is 0 Å². The van der Waals surface area contributed by atoms with E-state index in [0.717, 1.165) is 37.7 Å². The average molecular weight is 330 g/mol. The fraction of sp³-hybridized carbons (Fsp3) is 0.368. The number of benzene rings is 2. The lowest BCUT2D eigenvalue weighted by Gasteiger charge is -2.36. The highest BCUT2D eigenvalue weighted by molar-refractivity contribution is 6.30. The van der Waals surface area contributed by atoms with E-state index in [9.17, 15) is 0 Å². The van der Waals surface area contributed by atoms with E-state index in [2.05, 4.69) is 65.2 Å². The molecular formula is C19H24ClN3. The Bertz CT molecular complexity index is 631. The molecule has 1 heterocycles. The van der Waals surface area contributed by atoms with Gasteiger partial charge >= 0.3 is 0 Å². The monoisotopic (exact) mass is 329 g/mol. The van der Waals surface area contributed by atoms with Gasteiger partial charge < -0.3 is 9.80 Å². The van der Waals surface area contributed by atoms with Crippen molar-refractivity contribution >= 4 is 23.0 Å². The molecule has 1 aliphatic heterocycles. The largest absolute Gasteiger partial charge is 0.378 e. The molecule has 4 heteroatoms. The zero-order chi connectivity index (χ0) is 16.2. The van der Waals surface area contributed by atoms with Crippen LogP contribution in [-0.2, 0) is 6.54 Å². The van der Waals surface area contributed by atoms with Gasteiger partial charge in [0.25, 0.3) is 0 Å². The number of halogens is 1. The first kappa shape index (κ1) is 16.2. The van der Waals surface area contributed by atoms with Crippen LogP contribution >= 0.6 is 11.6 Å². The summed E-state index contributed by atoms with van der Waals surface area (Å²) < 4.78 is 0. The van der Waals surface area contributed by atoms with E-state index in [1.807, 2.05) is 12.1 Å². The summed E-state index contributed by atoms with van der Waals surface area (Å²) in [5.74, 6) is 0. The summed E-state index contributed by atoms with van der Waals surface area (Å²) in [6, 6.07) is 17.0. The second kappa shape index (κ2) is 7.24. The van der Waals surface area contributed by atoms with Crippen molar-refractivity contribution < 1.29 is 0 Å². The van der Waals surface area contributed by atoms with Crippen LogP contribution in [0.4, 0.5) is 11.4 Å². The van der Waals surface area contributed by atoms with Crippen LogP contribution in [0.15, 0.2) is 48.5 Å². The van der Waals surface area contributed by atoms with Crippen molar-refractivity contribution in [3.63, 3.8) is 0 Å². The minimum atomic E-state index is 0.811. The zero-order valence-electron chi connectivity index (χ0n) is 13.9. The third kappa shape index (κ3) is 4.18. The maximum absolute atomic E-state index is 6.09. The van der Waals surface area contributed by atoms with Crippen LogP contribution in [0.5, 0.6) is 0 Å². The topological polar surface area (TPSA) is 9.72 Å². The summed E-state index contributed by atoms with van der Waals surface area (Å²) >= 11 is 6.09. The van der Waals surface area contributed by atoms with Gasteiger partial charge in [-0.1, -0.05) is 29.8 Å². The second-order valence-electron chi connectivity index (χ2n) is 6.30. The molecule has 1 aliphatic rings. The predicted molar refractivity (Wildman–Crippen MR) is 99.7 cm³/mol. The van der Waals surface area contributed by atoms with E-state index in [1.54, 1.807) is 0 Å². The van der Waals surface area contributed by atoms with E-state index < -0.39 is 0 Å². The van der Waals surface area contributed by atoms with Gasteiger partial charge in [0, 0.05) is 63.2 Å². The van der Waals surface area contributed by atoms with Crippen molar-refractivity contribution in [2.75, 3.05) is 50.1 Å². The maximum atomic E-state index is 6.09. The number of anilines is 2. The molecule has 0 radical (unpaired) electrons. The van der Waals surface area contributed by atoms with Crippen LogP contribution in [0, 0.1) is 0 Å². The third-order valence-electron chi connectivity index (χ3n) is 4.40. The Morgan fingerprint density at radius 3 is 2.26 bits per heavy atom. The quantitative estimate of drug-likeness (QED) is 0.846. The number of hydrogen-bond acceptors (Lipinski definition) is 3. The Balaban J connectivity index is 1.55. The van der Waals surface area contributed by atoms with Crippen molar-refractivity contribution in [2.45, 2.75) is 6.54 Å². The lowest BCUT2D eigenvalue weighted by molar-refractivity contribution is 0.250. The second-order valence-corrected chi connectivity index (χ2v) is 6.74. The molecule has 0 bridgehead atoms. The molecule has 2 aromatic carbocycles. The zero-order valence-corrected chi connectivity index (χ0v) is 14.6. The van der Waals surface area contributed by atoms with Gasteiger partial charge in [0.15, 0.2) is 0 Å². The molecule has 122 valence electrons. The van der Waals surface area contributed by atoms with Crippen molar-refractivity contribution in [1.29, 1.82) is 0 Å². The molecule has 0 N–H and O–H groups in total. The Morgan fingerprint density at radius 1 is 0.957 bits per heavy atom. The van der Waals surface area contributed by atoms with Crippen LogP contribution in [0.3, 0.4) is 0 Å². The minimum absolute atomic E-state index is 0.811. The Kier molecular flexibility index (Phi) is 5.09. The lowest BCUT2D eigenvalue weighted by Crippen LogP contribution is -2.45. The van der Waals surface area contributed by atoms with Crippen molar-refractivity contribution in [1.82, 2.24) is 4.90 Å². The smallest absolute Gasteiger partial charge is 0.0426 e. The Labute approximate surface area is 144 Å². The number of nitrogens with zero attached hydrogens (tertiary/aromatic N) is 3. The van der Waals surface area contributed by atoms with Gasteiger partial charge in [-0.25, -0.2) is 0 Å². The standard InChI is InChI=1S/C19H24ClN3/c1-21(2)18-8-6-16(7-9-18)15-22-10-12-23(13-11-22)19-5-3-4-17(20)14-19/h3-9,14H,10-13,15H2,1-2H3. The van der Waals surface area contributed by atoms with Crippen molar-refractivity contribution in [3.8, 4) is 0 Å². The van der Waals surface area contributed by atoms with Gasteiger partial charge in [0.2, 0.25) is 0 Å². The van der Waals surface area contributed by atoms with Crippen LogP contribution < -0.4 is 9.80 Å². The predicted octanol–water partition coefficient (Wildman–Crippen LogP) is 3.73. The third-order valence-corrected chi connectivity index (χ3v) is 4.64. The molecule has 3 rings (SSSR count). The molecule has 0 unspecified atom stereocenters. The summed E-state index contributed by atoms with van der Waals surface area (Å²) in [6.07, 6.45) is 0. The highest BCUT2D eigenvalue weighted by Crippen LogP contribution is 2.21. The molecule has 0 atom stereocenters. The first-order valence-corrected chi connectivity index (χ1v) is 8.49. The van der Waals surface area contributed by atoms with E-state index in [4.69, 9.17) is 11.6 Å². The fourth-order valence-electron chi connectivity index (χ4n) is 2.99. The Morgan fingerprint density at radius 2 is 1.65 bits per heavy atom. The molecule has 3 nitrogen and oxygen atoms in total. The first-order chi connectivity index (χ1) is 11.1. The molecule has 2 aromatic rings. The molecule has 23 heavy (non-hydrogen) atoms. The van der Waals surface area contributed by atoms with Gasteiger partial charge in [0.1, 0.15) is 0 Å². The van der Waals surface area contributed by atoms with Crippen molar-refractivity contribution in [2.24, 2.45) is 0 Å². The van der Waals surface area contributed by atoms with Crippen LogP contribution in [0.2, 0.25) is 5.02 Å². The SMILES string of the molecule is CN(C)c1ccc(CN2CCN(c3cccc(Cl)c3)CC2)cc1. The number of rotatable bonds is 4. The highest BCUT2D eigenvalue weighted by Gasteiger charge is 2.17. The maximum Gasteiger partial charge on any atom is 0.0426 e. The van der Waals surface area contributed by atoms with Gasteiger partial charge in [-0.05, 0) is 35.9 Å². The molecule has 0 aromatic heterocycles. The first-order valence-electron chi connectivity index (χ1n) is 8.11. The van der Waals surface area contributed by atoms with Gasteiger partial charge in [0.05, 0.1) is 0 Å². The number of piperazine rings is 1. The summed E-state index contributed by atoms with van der Waals surface area (Å²) in [4.78, 5) is 7.07. The fourth-order valence-corrected chi connectivity index (χ4v) is 3.18. The normalized spacial score (nSPS) is 15.7. The van der Waals surface area contributed by atoms with Crippen LogP contribution in [0.25, 0.3) is 0 Å². The highest BCUT2D eigenvalue weighted by atomic mass is 35.5. The lowest BCUT2D eigenvalue weighted by atomic mass is 10.1. The number of hydrogen-bond donors (Lipinski definition) is 0. The van der Waals surface area contributed by atoms with E-state index in [-0.39, 0.29) is 0 Å². The molecule has 1 saturated heterocycles. The Hall–Kier alpha value is -1.71. The summed E-state index contributed by atoms with van der Waals surface area (Å²) in [6.45, 7) is 5.30. The molecule has 0 spiro atoms. The summed E-state index contributed by atoms with van der Waals surface area (Å²) in [5, 5.41) is 0.811. The van der Waals surface area contributed by atoms with E-state index >= 15 is 0 Å². The molecular weight excluding hydrogens is 306 g/mol. The van der Waals surface area contributed by atoms with Crippen molar-refractivity contribution in [3.05, 3.63) is 59.1 Å². The van der Waals surface area contributed by atoms with Gasteiger partial charge in [-0.3, -0.25) is 4.90 Å². The molecule has 0 saturated carbocycles. The molecule has 1 fully saturated rings. The average Bonchev–Trinajstić information content (AvgIpc) is 2.56. The summed E-state index contributed by atoms with van der Waals surface area (Å²) in [7, 11) is 4.15.